The first-order valence-electron chi connectivity index (χ1n) is 10.9. The third-order valence-corrected chi connectivity index (χ3v) is 5.73. The van der Waals surface area contributed by atoms with Gasteiger partial charge in [0.15, 0.2) is 0 Å². The lowest BCUT2D eigenvalue weighted by atomic mass is 10.1. The maximum atomic E-state index is 10.8. The number of hydrogen-bond acceptors (Lipinski definition) is 4. The standard InChI is InChI=1S/C27H30O4/c28-25-16-24(20-29-17-21-10-4-1-5-11-21)26(30-18-22-12-6-2-7-13-22)27(25)31-19-23-14-8-3-9-15-23/h1-15,24-28H,16-20H2/t24-,25-,26+,27?/m1/s1. The van der Waals surface area contributed by atoms with Crippen LogP contribution in [0.15, 0.2) is 91.0 Å². The van der Waals surface area contributed by atoms with E-state index >= 15 is 0 Å². The van der Waals surface area contributed by atoms with Crippen molar-refractivity contribution in [2.24, 2.45) is 5.92 Å². The summed E-state index contributed by atoms with van der Waals surface area (Å²) in [6, 6.07) is 30.3. The van der Waals surface area contributed by atoms with Gasteiger partial charge in [0.05, 0.1) is 38.6 Å². The minimum absolute atomic E-state index is 0.0724. The molecule has 3 aromatic carbocycles. The largest absolute Gasteiger partial charge is 0.390 e. The van der Waals surface area contributed by atoms with Crippen LogP contribution in [0.25, 0.3) is 0 Å². The van der Waals surface area contributed by atoms with Gasteiger partial charge in [-0.1, -0.05) is 91.0 Å². The van der Waals surface area contributed by atoms with Crippen LogP contribution in [0.1, 0.15) is 23.1 Å². The molecule has 4 nitrogen and oxygen atoms in total. The van der Waals surface area contributed by atoms with Gasteiger partial charge in [-0.05, 0) is 23.1 Å². The maximum Gasteiger partial charge on any atom is 0.110 e. The van der Waals surface area contributed by atoms with Crippen LogP contribution in [-0.4, -0.2) is 30.0 Å². The van der Waals surface area contributed by atoms with E-state index in [-0.39, 0.29) is 18.1 Å². The average molecular weight is 419 g/mol. The molecule has 162 valence electrons. The van der Waals surface area contributed by atoms with Crippen molar-refractivity contribution in [3.05, 3.63) is 108 Å². The average Bonchev–Trinajstić information content (AvgIpc) is 3.12. The molecular formula is C27H30O4. The Balaban J connectivity index is 1.39. The van der Waals surface area contributed by atoms with E-state index in [1.54, 1.807) is 0 Å². The highest BCUT2D eigenvalue weighted by atomic mass is 16.6. The zero-order valence-electron chi connectivity index (χ0n) is 17.7. The minimum Gasteiger partial charge on any atom is -0.390 e. The molecule has 0 heterocycles. The van der Waals surface area contributed by atoms with Gasteiger partial charge in [0, 0.05) is 5.92 Å². The molecule has 3 aromatic rings. The van der Waals surface area contributed by atoms with Crippen LogP contribution in [0.3, 0.4) is 0 Å². The van der Waals surface area contributed by atoms with E-state index in [0.29, 0.717) is 32.8 Å². The van der Waals surface area contributed by atoms with Crippen molar-refractivity contribution in [2.45, 2.75) is 44.6 Å². The molecule has 0 aliphatic heterocycles. The van der Waals surface area contributed by atoms with E-state index in [2.05, 4.69) is 12.1 Å². The molecule has 4 rings (SSSR count). The van der Waals surface area contributed by atoms with Gasteiger partial charge in [-0.3, -0.25) is 0 Å². The van der Waals surface area contributed by atoms with Crippen molar-refractivity contribution >= 4 is 0 Å². The van der Waals surface area contributed by atoms with Gasteiger partial charge in [0.1, 0.15) is 6.10 Å². The normalized spacial score (nSPS) is 23.1. The van der Waals surface area contributed by atoms with E-state index in [9.17, 15) is 5.11 Å². The highest BCUT2D eigenvalue weighted by Gasteiger charge is 2.44. The van der Waals surface area contributed by atoms with Crippen molar-refractivity contribution < 1.29 is 19.3 Å². The Morgan fingerprint density at radius 2 is 1.06 bits per heavy atom. The van der Waals surface area contributed by atoms with Gasteiger partial charge in [0.2, 0.25) is 0 Å². The first kappa shape index (κ1) is 21.7. The Morgan fingerprint density at radius 3 is 1.58 bits per heavy atom. The molecule has 1 unspecified atom stereocenters. The zero-order valence-corrected chi connectivity index (χ0v) is 17.7. The Bertz CT molecular complexity index is 885. The lowest BCUT2D eigenvalue weighted by Crippen LogP contribution is -2.37. The van der Waals surface area contributed by atoms with Gasteiger partial charge >= 0.3 is 0 Å². The molecule has 0 radical (unpaired) electrons. The van der Waals surface area contributed by atoms with Crippen LogP contribution in [0.2, 0.25) is 0 Å². The van der Waals surface area contributed by atoms with Gasteiger partial charge in [-0.2, -0.15) is 0 Å². The second kappa shape index (κ2) is 11.2. The fourth-order valence-corrected chi connectivity index (χ4v) is 4.10. The molecule has 1 N–H and O–H groups in total. The number of aliphatic hydroxyl groups is 1. The zero-order chi connectivity index (χ0) is 21.3. The van der Waals surface area contributed by atoms with Crippen molar-refractivity contribution in [2.75, 3.05) is 6.61 Å². The van der Waals surface area contributed by atoms with Crippen LogP contribution in [0.4, 0.5) is 0 Å². The number of rotatable bonds is 10. The number of benzene rings is 3. The van der Waals surface area contributed by atoms with E-state index in [0.717, 1.165) is 16.7 Å². The summed E-state index contributed by atoms with van der Waals surface area (Å²) in [4.78, 5) is 0. The molecule has 31 heavy (non-hydrogen) atoms. The topological polar surface area (TPSA) is 47.9 Å². The Labute approximate surface area is 184 Å². The van der Waals surface area contributed by atoms with Gasteiger partial charge in [-0.15, -0.1) is 0 Å². The summed E-state index contributed by atoms with van der Waals surface area (Å²) in [6.07, 6.45) is -0.577. The summed E-state index contributed by atoms with van der Waals surface area (Å²) in [6.45, 7) is 2.01. The highest BCUT2D eigenvalue weighted by Crippen LogP contribution is 2.33. The van der Waals surface area contributed by atoms with Gasteiger partial charge in [0.25, 0.3) is 0 Å². The van der Waals surface area contributed by atoms with E-state index in [4.69, 9.17) is 14.2 Å². The molecule has 1 aliphatic carbocycles. The van der Waals surface area contributed by atoms with Crippen molar-refractivity contribution in [1.82, 2.24) is 0 Å². The SMILES string of the molecule is O[C@@H]1C[C@H](COCc2ccccc2)[C@H](OCc2ccccc2)C1OCc1ccccc1. The van der Waals surface area contributed by atoms with Crippen molar-refractivity contribution in [1.29, 1.82) is 0 Å². The van der Waals surface area contributed by atoms with Gasteiger partial charge < -0.3 is 19.3 Å². The smallest absolute Gasteiger partial charge is 0.110 e. The van der Waals surface area contributed by atoms with Crippen molar-refractivity contribution in [3.8, 4) is 0 Å². The molecule has 1 fully saturated rings. The molecular weight excluding hydrogens is 388 g/mol. The summed E-state index contributed by atoms with van der Waals surface area (Å²) in [5.74, 6) is 0.0724. The van der Waals surface area contributed by atoms with Crippen LogP contribution >= 0.6 is 0 Å². The van der Waals surface area contributed by atoms with E-state index in [1.165, 1.54) is 0 Å². The quantitative estimate of drug-likeness (QED) is 0.516. The lowest BCUT2D eigenvalue weighted by Gasteiger charge is -2.26. The first-order chi connectivity index (χ1) is 15.3. The molecule has 1 saturated carbocycles. The minimum atomic E-state index is -0.574. The van der Waals surface area contributed by atoms with Crippen LogP contribution < -0.4 is 0 Å². The lowest BCUT2D eigenvalue weighted by molar-refractivity contribution is -0.116. The van der Waals surface area contributed by atoms with Crippen LogP contribution in [0, 0.1) is 5.92 Å². The summed E-state index contributed by atoms with van der Waals surface area (Å²) in [5.41, 5.74) is 3.33. The summed E-state index contributed by atoms with van der Waals surface area (Å²) >= 11 is 0. The molecule has 0 saturated heterocycles. The Hall–Kier alpha value is -2.50. The molecule has 0 amide bonds. The summed E-state index contributed by atoms with van der Waals surface area (Å²) in [7, 11) is 0. The second-order valence-corrected chi connectivity index (χ2v) is 8.09. The van der Waals surface area contributed by atoms with Crippen LogP contribution in [0.5, 0.6) is 0 Å². The summed E-state index contributed by atoms with van der Waals surface area (Å²) in [5, 5.41) is 10.8. The molecule has 0 aromatic heterocycles. The first-order valence-corrected chi connectivity index (χ1v) is 10.9. The fraction of sp³-hybridized carbons (Fsp3) is 0.333. The van der Waals surface area contributed by atoms with Gasteiger partial charge in [-0.25, -0.2) is 0 Å². The number of ether oxygens (including phenoxy) is 3. The number of hydrogen-bond donors (Lipinski definition) is 1. The highest BCUT2D eigenvalue weighted by molar-refractivity contribution is 5.15. The predicted molar refractivity (Wildman–Crippen MR) is 120 cm³/mol. The molecule has 0 bridgehead atoms. The predicted octanol–water partition coefficient (Wildman–Crippen LogP) is 4.75. The Kier molecular flexibility index (Phi) is 7.86. The summed E-state index contributed by atoms with van der Waals surface area (Å²) < 4.78 is 18.5. The monoisotopic (exact) mass is 418 g/mol. The third-order valence-electron chi connectivity index (χ3n) is 5.73. The molecule has 0 spiro atoms. The van der Waals surface area contributed by atoms with E-state index in [1.807, 2.05) is 78.9 Å². The Morgan fingerprint density at radius 1 is 0.613 bits per heavy atom. The maximum absolute atomic E-state index is 10.8. The number of aliphatic hydroxyl groups excluding tert-OH is 1. The molecule has 4 heteroatoms. The van der Waals surface area contributed by atoms with Crippen LogP contribution in [-0.2, 0) is 34.0 Å². The molecule has 1 aliphatic rings. The fourth-order valence-electron chi connectivity index (χ4n) is 4.10. The van der Waals surface area contributed by atoms with E-state index < -0.39 is 6.10 Å². The second-order valence-electron chi connectivity index (χ2n) is 8.09. The third kappa shape index (κ3) is 6.25. The van der Waals surface area contributed by atoms with Crippen molar-refractivity contribution in [3.63, 3.8) is 0 Å². The molecule has 4 atom stereocenters.